The molecule has 0 aliphatic heterocycles. The summed E-state index contributed by atoms with van der Waals surface area (Å²) < 4.78 is 1.28. The third-order valence-corrected chi connectivity index (χ3v) is 10.4. The monoisotopic (exact) mass is 533 g/mol. The first-order chi connectivity index (χ1) is 18.0. The number of hydrogen-bond donors (Lipinski definition) is 1. The number of anilines is 1. The summed E-state index contributed by atoms with van der Waals surface area (Å²) in [6, 6.07) is 9.05. The molecule has 0 spiro atoms. The van der Waals surface area contributed by atoms with Crippen molar-refractivity contribution in [2.45, 2.75) is 64.7 Å². The molecule has 0 saturated heterocycles. The Balaban J connectivity index is 0.000000316. The fourth-order valence-corrected chi connectivity index (χ4v) is 8.35. The highest BCUT2D eigenvalue weighted by molar-refractivity contribution is 7.96. The highest BCUT2D eigenvalue weighted by atomic mass is 32.1. The zero-order valence-electron chi connectivity index (χ0n) is 22.9. The van der Waals surface area contributed by atoms with E-state index in [1.807, 2.05) is 6.08 Å². The lowest BCUT2D eigenvalue weighted by molar-refractivity contribution is -0.134. The van der Waals surface area contributed by atoms with E-state index in [1.54, 1.807) is 0 Å². The van der Waals surface area contributed by atoms with Gasteiger partial charge in [-0.2, -0.15) is 0 Å². The molecule has 3 saturated carbocycles. The second-order valence-corrected chi connectivity index (χ2v) is 12.7. The molecule has 7 heteroatoms. The number of Topliss-reactive ketones (excluding diaryl/α,β-unsaturated/α-hetero) is 1. The number of carbonyl (C=O) groups excluding carboxylic acids is 3. The minimum absolute atomic E-state index is 0.0919. The zero-order valence-corrected chi connectivity index (χ0v) is 23.8. The summed E-state index contributed by atoms with van der Waals surface area (Å²) >= 11 is 3.54. The van der Waals surface area contributed by atoms with Gasteiger partial charge in [0.15, 0.2) is 5.78 Å². The Morgan fingerprint density at radius 3 is 2.39 bits per heavy atom. The van der Waals surface area contributed by atoms with Crippen molar-refractivity contribution in [2.24, 2.45) is 28.6 Å². The van der Waals surface area contributed by atoms with Gasteiger partial charge in [-0.1, -0.05) is 44.2 Å². The minimum atomic E-state index is -0.317. The molecule has 0 N–H and O–H groups in total. The molecule has 1 aromatic carbocycles. The molecule has 0 radical (unpaired) electrons. The number of aromatic nitrogens is 2. The van der Waals surface area contributed by atoms with E-state index in [9.17, 15) is 14.4 Å². The molecular weight excluding hydrogens is 494 g/mol. The van der Waals surface area contributed by atoms with Gasteiger partial charge in [0.1, 0.15) is 12.1 Å². The molecule has 38 heavy (non-hydrogen) atoms. The lowest BCUT2D eigenvalue weighted by Gasteiger charge is -2.60. The van der Waals surface area contributed by atoms with Crippen LogP contribution in [0.3, 0.4) is 0 Å². The van der Waals surface area contributed by atoms with Crippen LogP contribution in [0, 0.1) is 28.6 Å². The maximum Gasteiger partial charge on any atom is 0.287 e. The van der Waals surface area contributed by atoms with Crippen molar-refractivity contribution in [3.8, 4) is 0 Å². The molecule has 0 amide bonds. The second kappa shape index (κ2) is 10.1. The lowest BCUT2D eigenvalue weighted by Crippen LogP contribution is -2.53. The van der Waals surface area contributed by atoms with Gasteiger partial charge in [-0.05, 0) is 85.0 Å². The number of hydrogen-bond acceptors (Lipinski definition) is 5. The lowest BCUT2D eigenvalue weighted by atomic mass is 9.44. The van der Waals surface area contributed by atoms with Crippen molar-refractivity contribution in [1.82, 2.24) is 9.55 Å². The SMILES string of the molecule is CN(C)c1ccc(C2CC3(C)C(=O)CCC3C3CCC4=CC(=O)CCC4(C)C23)cc1.O=C(S)n1ccnc1. The smallest absolute Gasteiger partial charge is 0.287 e. The molecule has 1 aromatic heterocycles. The van der Waals surface area contributed by atoms with E-state index in [-0.39, 0.29) is 16.1 Å². The largest absolute Gasteiger partial charge is 0.378 e. The van der Waals surface area contributed by atoms with E-state index in [2.05, 4.69) is 74.7 Å². The van der Waals surface area contributed by atoms with Crippen LogP contribution in [0.15, 0.2) is 54.6 Å². The van der Waals surface area contributed by atoms with E-state index >= 15 is 0 Å². The first-order valence-electron chi connectivity index (χ1n) is 13.8. The number of carbonyl (C=O) groups is 3. The molecule has 6 atom stereocenters. The molecule has 202 valence electrons. The normalized spacial score (nSPS) is 33.8. The van der Waals surface area contributed by atoms with Crippen LogP contribution in [-0.2, 0) is 9.59 Å². The van der Waals surface area contributed by atoms with Crippen LogP contribution in [0.5, 0.6) is 0 Å². The van der Waals surface area contributed by atoms with Crippen LogP contribution in [0.25, 0.3) is 0 Å². The van der Waals surface area contributed by atoms with Gasteiger partial charge in [0.05, 0.1) is 0 Å². The van der Waals surface area contributed by atoms with E-state index in [0.29, 0.717) is 41.7 Å². The number of ketones is 2. The molecule has 6 unspecified atom stereocenters. The van der Waals surface area contributed by atoms with Gasteiger partial charge in [0.2, 0.25) is 0 Å². The second-order valence-electron chi connectivity index (χ2n) is 12.3. The van der Waals surface area contributed by atoms with Crippen molar-refractivity contribution >= 4 is 35.1 Å². The Hall–Kier alpha value is -2.67. The summed E-state index contributed by atoms with van der Waals surface area (Å²) in [5, 5.41) is -0.317. The van der Waals surface area contributed by atoms with Crippen LogP contribution in [0.2, 0.25) is 0 Å². The van der Waals surface area contributed by atoms with Crippen molar-refractivity contribution in [2.75, 3.05) is 19.0 Å². The Bertz CT molecular complexity index is 1250. The van der Waals surface area contributed by atoms with E-state index in [4.69, 9.17) is 0 Å². The third-order valence-electron chi connectivity index (χ3n) is 10.2. The maximum absolute atomic E-state index is 13.1. The Morgan fingerprint density at radius 2 is 1.79 bits per heavy atom. The van der Waals surface area contributed by atoms with Gasteiger partial charge in [-0.3, -0.25) is 19.0 Å². The van der Waals surface area contributed by atoms with Gasteiger partial charge >= 0.3 is 0 Å². The molecule has 2 aromatic rings. The molecular formula is C31H39N3O3S. The van der Waals surface area contributed by atoms with Crippen LogP contribution in [-0.4, -0.2) is 40.5 Å². The summed E-state index contributed by atoms with van der Waals surface area (Å²) in [4.78, 5) is 41.4. The quantitative estimate of drug-likeness (QED) is 0.457. The maximum atomic E-state index is 13.1. The van der Waals surface area contributed by atoms with Crippen LogP contribution >= 0.6 is 12.6 Å². The summed E-state index contributed by atoms with van der Waals surface area (Å²) in [6.45, 7) is 4.70. The molecule has 6 rings (SSSR count). The number of fused-ring (bicyclic) bond motifs is 5. The van der Waals surface area contributed by atoms with Crippen LogP contribution in [0.1, 0.15) is 70.3 Å². The van der Waals surface area contributed by atoms with Crippen molar-refractivity contribution in [3.05, 3.63) is 60.2 Å². The highest BCUT2D eigenvalue weighted by Gasteiger charge is 2.62. The summed E-state index contributed by atoms with van der Waals surface area (Å²) in [7, 11) is 4.15. The van der Waals surface area contributed by atoms with Gasteiger partial charge in [-0.25, -0.2) is 4.98 Å². The Morgan fingerprint density at radius 1 is 1.05 bits per heavy atom. The number of rotatable bonds is 2. The third kappa shape index (κ3) is 4.57. The van der Waals surface area contributed by atoms with E-state index in [0.717, 1.165) is 38.5 Å². The average molecular weight is 534 g/mol. The van der Waals surface area contributed by atoms with E-state index in [1.165, 1.54) is 40.1 Å². The number of nitrogens with zero attached hydrogens (tertiary/aromatic N) is 3. The number of imidazole rings is 1. The number of thiol groups is 1. The van der Waals surface area contributed by atoms with Gasteiger partial charge in [0.25, 0.3) is 5.24 Å². The summed E-state index contributed by atoms with van der Waals surface area (Å²) in [6.07, 6.45) is 13.1. The zero-order chi connectivity index (χ0) is 27.2. The molecule has 6 nitrogen and oxygen atoms in total. The van der Waals surface area contributed by atoms with Crippen molar-refractivity contribution in [3.63, 3.8) is 0 Å². The van der Waals surface area contributed by atoms with Gasteiger partial charge < -0.3 is 4.90 Å². The predicted octanol–water partition coefficient (Wildman–Crippen LogP) is 6.33. The fourth-order valence-electron chi connectivity index (χ4n) is 8.23. The summed E-state index contributed by atoms with van der Waals surface area (Å²) in [5.41, 5.74) is 3.91. The number of benzene rings is 1. The van der Waals surface area contributed by atoms with Crippen LogP contribution < -0.4 is 4.90 Å². The Labute approximate surface area is 231 Å². The Kier molecular flexibility index (Phi) is 7.18. The number of allylic oxidation sites excluding steroid dienone is 1. The predicted molar refractivity (Wildman–Crippen MR) is 153 cm³/mol. The van der Waals surface area contributed by atoms with E-state index < -0.39 is 0 Å². The average Bonchev–Trinajstić information content (AvgIpc) is 3.53. The molecule has 4 aliphatic rings. The highest BCUT2D eigenvalue weighted by Crippen LogP contribution is 2.68. The fraction of sp³-hybridized carbons (Fsp3) is 0.548. The standard InChI is InChI=1S/C27H35NO2.C4H4N2OS/c1-26-14-13-20(29)15-18(26)7-10-21-23-11-12-24(30)27(23,2)16-22(25(21)26)17-5-8-19(9-6-17)28(3)4;7-4(8)6-2-1-5-3-6/h5-6,8-9,15,21-23,25H,7,10-14,16H2,1-4H3;1-3H,(H,7,8). The summed E-state index contributed by atoms with van der Waals surface area (Å²) in [5.74, 6) is 2.82. The molecule has 1 heterocycles. The van der Waals surface area contributed by atoms with Gasteiger partial charge in [0, 0.05) is 50.4 Å². The molecule has 0 bridgehead atoms. The molecule has 4 aliphatic carbocycles. The van der Waals surface area contributed by atoms with Crippen molar-refractivity contribution in [1.29, 1.82) is 0 Å². The van der Waals surface area contributed by atoms with Gasteiger partial charge in [-0.15, -0.1) is 0 Å². The first-order valence-corrected chi connectivity index (χ1v) is 14.2. The topological polar surface area (TPSA) is 72.3 Å². The molecule has 3 fully saturated rings. The van der Waals surface area contributed by atoms with Crippen molar-refractivity contribution < 1.29 is 14.4 Å². The minimum Gasteiger partial charge on any atom is -0.378 e. The first kappa shape index (κ1) is 26.9. The van der Waals surface area contributed by atoms with Crippen LogP contribution in [0.4, 0.5) is 10.5 Å².